The average molecular weight is 536 g/mol. The molecule has 0 aliphatic heterocycles. The second kappa shape index (κ2) is 7.93. The van der Waals surface area contributed by atoms with E-state index < -0.39 is 0 Å². The molecule has 0 unspecified atom stereocenters. The van der Waals surface area contributed by atoms with Crippen LogP contribution in [-0.4, -0.2) is 14.4 Å². The Balaban J connectivity index is 1.34. The summed E-state index contributed by atoms with van der Waals surface area (Å²) in [6.07, 6.45) is 0. The molecule has 6 aromatic carbocycles. The summed E-state index contributed by atoms with van der Waals surface area (Å²) in [5, 5.41) is 5.81. The van der Waals surface area contributed by atoms with Gasteiger partial charge in [-0.1, -0.05) is 91.0 Å². The third kappa shape index (κ3) is 2.85. The van der Waals surface area contributed by atoms with Gasteiger partial charge in [0.2, 0.25) is 0 Å². The maximum atomic E-state index is 6.15. The summed E-state index contributed by atoms with van der Waals surface area (Å²) in [5.74, 6) is 0. The molecule has 10 rings (SSSR count). The third-order valence-corrected chi connectivity index (χ3v) is 8.73. The van der Waals surface area contributed by atoms with E-state index in [0.717, 1.165) is 71.7 Å². The van der Waals surface area contributed by atoms with E-state index in [1.165, 1.54) is 21.9 Å². The van der Waals surface area contributed by atoms with Crippen LogP contribution in [0.3, 0.4) is 0 Å². The van der Waals surface area contributed by atoms with Crippen molar-refractivity contribution in [2.75, 3.05) is 0 Å². The summed E-state index contributed by atoms with van der Waals surface area (Å²) in [4.78, 5) is 10.6. The molecule has 4 heterocycles. The first-order valence-corrected chi connectivity index (χ1v) is 14.2. The van der Waals surface area contributed by atoms with Crippen molar-refractivity contribution < 1.29 is 4.42 Å². The lowest BCUT2D eigenvalue weighted by atomic mass is 9.97. The molecule has 0 saturated carbocycles. The molecule has 0 atom stereocenters. The Hall–Kier alpha value is -5.74. The zero-order valence-corrected chi connectivity index (χ0v) is 22.4. The number of para-hydroxylation sites is 2. The SMILES string of the molecule is c1ccc(-c2ccc3nc4c(nc3c2)c2c(-c3ccc5oc6ccccc6c5c3)ccc3c5ccccc5n4c32)cc1. The summed E-state index contributed by atoms with van der Waals surface area (Å²) in [7, 11) is 0. The van der Waals surface area contributed by atoms with Crippen molar-refractivity contribution in [3.63, 3.8) is 0 Å². The Morgan fingerprint density at radius 3 is 2.21 bits per heavy atom. The topological polar surface area (TPSA) is 43.3 Å². The molecule has 0 bridgehead atoms. The fourth-order valence-corrected chi connectivity index (χ4v) is 6.83. The Labute approximate surface area is 239 Å². The molecule has 0 spiro atoms. The van der Waals surface area contributed by atoms with E-state index in [0.29, 0.717) is 0 Å². The van der Waals surface area contributed by atoms with Crippen LogP contribution in [0.4, 0.5) is 0 Å². The number of fused-ring (bicyclic) bond motifs is 10. The largest absolute Gasteiger partial charge is 0.456 e. The quantitative estimate of drug-likeness (QED) is 0.221. The highest BCUT2D eigenvalue weighted by molar-refractivity contribution is 6.26. The normalized spacial score (nSPS) is 12.3. The second-order valence-electron chi connectivity index (χ2n) is 11.0. The maximum absolute atomic E-state index is 6.15. The molecule has 0 aliphatic carbocycles. The van der Waals surface area contributed by atoms with Crippen molar-refractivity contribution >= 4 is 71.3 Å². The van der Waals surface area contributed by atoms with Crippen LogP contribution in [0.5, 0.6) is 0 Å². The lowest BCUT2D eigenvalue weighted by Gasteiger charge is -2.07. The molecule has 0 amide bonds. The van der Waals surface area contributed by atoms with Crippen LogP contribution in [-0.2, 0) is 0 Å². The van der Waals surface area contributed by atoms with E-state index in [-0.39, 0.29) is 0 Å². The average Bonchev–Trinajstić information content (AvgIpc) is 3.70. The highest BCUT2D eigenvalue weighted by atomic mass is 16.3. The first-order valence-electron chi connectivity index (χ1n) is 14.2. The van der Waals surface area contributed by atoms with Gasteiger partial charge in [-0.05, 0) is 58.7 Å². The van der Waals surface area contributed by atoms with Gasteiger partial charge in [0.15, 0.2) is 5.65 Å². The maximum Gasteiger partial charge on any atom is 0.165 e. The first kappa shape index (κ1) is 22.0. The Kier molecular flexibility index (Phi) is 4.15. The molecule has 0 aliphatic rings. The van der Waals surface area contributed by atoms with E-state index >= 15 is 0 Å². The number of aromatic nitrogens is 3. The molecule has 10 aromatic rings. The summed E-state index contributed by atoms with van der Waals surface area (Å²) < 4.78 is 8.45. The van der Waals surface area contributed by atoms with Crippen molar-refractivity contribution in [3.8, 4) is 22.3 Å². The monoisotopic (exact) mass is 535 g/mol. The number of nitrogens with zero attached hydrogens (tertiary/aromatic N) is 3. The van der Waals surface area contributed by atoms with Crippen molar-refractivity contribution in [1.82, 2.24) is 14.4 Å². The van der Waals surface area contributed by atoms with Gasteiger partial charge in [0.1, 0.15) is 16.7 Å². The van der Waals surface area contributed by atoms with E-state index in [1.807, 2.05) is 18.2 Å². The zero-order valence-electron chi connectivity index (χ0n) is 22.4. The van der Waals surface area contributed by atoms with E-state index in [2.05, 4.69) is 114 Å². The van der Waals surface area contributed by atoms with Crippen LogP contribution in [0, 0.1) is 0 Å². The third-order valence-electron chi connectivity index (χ3n) is 8.73. The highest BCUT2D eigenvalue weighted by Crippen LogP contribution is 2.44. The number of hydrogen-bond donors (Lipinski definition) is 0. The molecule has 0 N–H and O–H groups in total. The molecule has 0 saturated heterocycles. The molecule has 4 heteroatoms. The lowest BCUT2D eigenvalue weighted by Crippen LogP contribution is -1.90. The molecule has 0 radical (unpaired) electrons. The summed E-state index contributed by atoms with van der Waals surface area (Å²) in [5.41, 5.74) is 12.3. The van der Waals surface area contributed by atoms with Gasteiger partial charge >= 0.3 is 0 Å². The van der Waals surface area contributed by atoms with Gasteiger partial charge < -0.3 is 4.42 Å². The van der Waals surface area contributed by atoms with Crippen molar-refractivity contribution in [1.29, 1.82) is 0 Å². The number of hydrogen-bond acceptors (Lipinski definition) is 3. The van der Waals surface area contributed by atoms with E-state index in [4.69, 9.17) is 14.4 Å². The van der Waals surface area contributed by atoms with Crippen LogP contribution in [0.25, 0.3) is 93.6 Å². The fourth-order valence-electron chi connectivity index (χ4n) is 6.83. The molecular formula is C38H21N3O. The summed E-state index contributed by atoms with van der Waals surface area (Å²) >= 11 is 0. The van der Waals surface area contributed by atoms with Crippen LogP contribution in [0.2, 0.25) is 0 Å². The molecule has 4 aromatic heterocycles. The molecule has 0 fully saturated rings. The van der Waals surface area contributed by atoms with Crippen LogP contribution < -0.4 is 0 Å². The van der Waals surface area contributed by atoms with Crippen LogP contribution in [0.15, 0.2) is 132 Å². The van der Waals surface area contributed by atoms with Gasteiger partial charge in [-0.2, -0.15) is 0 Å². The number of furan rings is 1. The predicted octanol–water partition coefficient (Wildman–Crippen LogP) is 10.0. The molecule has 4 nitrogen and oxygen atoms in total. The Bertz CT molecular complexity index is 2680. The van der Waals surface area contributed by atoms with Crippen molar-refractivity contribution in [2.45, 2.75) is 0 Å². The zero-order chi connectivity index (χ0) is 27.4. The predicted molar refractivity (Wildman–Crippen MR) is 172 cm³/mol. The van der Waals surface area contributed by atoms with Crippen LogP contribution in [0.1, 0.15) is 0 Å². The van der Waals surface area contributed by atoms with Gasteiger partial charge in [-0.15, -0.1) is 0 Å². The van der Waals surface area contributed by atoms with Gasteiger partial charge in [-0.3, -0.25) is 4.40 Å². The lowest BCUT2D eigenvalue weighted by molar-refractivity contribution is 0.669. The number of benzene rings is 6. The summed E-state index contributed by atoms with van der Waals surface area (Å²) in [6.45, 7) is 0. The minimum absolute atomic E-state index is 0.887. The van der Waals surface area contributed by atoms with Gasteiger partial charge in [0.05, 0.1) is 22.1 Å². The first-order chi connectivity index (χ1) is 20.8. The van der Waals surface area contributed by atoms with E-state index in [9.17, 15) is 0 Å². The molecule has 42 heavy (non-hydrogen) atoms. The number of rotatable bonds is 2. The van der Waals surface area contributed by atoms with Crippen molar-refractivity contribution in [3.05, 3.63) is 127 Å². The smallest absolute Gasteiger partial charge is 0.165 e. The molecule has 194 valence electrons. The Morgan fingerprint density at radius 2 is 1.29 bits per heavy atom. The summed E-state index contributed by atoms with van der Waals surface area (Å²) in [6, 6.07) is 44.7. The van der Waals surface area contributed by atoms with Crippen molar-refractivity contribution in [2.24, 2.45) is 0 Å². The van der Waals surface area contributed by atoms with Crippen LogP contribution >= 0.6 is 0 Å². The Morgan fingerprint density at radius 1 is 0.500 bits per heavy atom. The van der Waals surface area contributed by atoms with Gasteiger partial charge in [0.25, 0.3) is 0 Å². The highest BCUT2D eigenvalue weighted by Gasteiger charge is 2.23. The second-order valence-corrected chi connectivity index (χ2v) is 11.0. The minimum Gasteiger partial charge on any atom is -0.456 e. The minimum atomic E-state index is 0.887. The standard InChI is InChI=1S/C38H21N3O/c1-2-8-22(9-3-1)23-14-18-30-31(21-23)39-36-35-25(24-15-19-34-29(20-24)27-11-5-7-13-33(27)42-34)16-17-28-26-10-4-6-12-32(26)41(37(28)35)38(36)40-30/h1-21H. The van der Waals surface area contributed by atoms with Gasteiger partial charge in [0, 0.05) is 26.9 Å². The fraction of sp³-hybridized carbons (Fsp3) is 0. The molecular weight excluding hydrogens is 514 g/mol. The van der Waals surface area contributed by atoms with Gasteiger partial charge in [-0.25, -0.2) is 9.97 Å². The van der Waals surface area contributed by atoms with E-state index in [1.54, 1.807) is 0 Å².